The molecule has 1 aliphatic carbocycles. The molecular weight excluding hydrogens is 158 g/mol. The largest absolute Gasteiger partial charge is 0.434 e. The van der Waals surface area contributed by atoms with Gasteiger partial charge in [-0.3, -0.25) is 0 Å². The molecule has 0 aliphatic heterocycles. The number of hydrogen-bond acceptors (Lipinski definition) is 2. The Balaban J connectivity index is 2.39. The summed E-state index contributed by atoms with van der Waals surface area (Å²) >= 11 is 4.90. The zero-order chi connectivity index (χ0) is 7.68. The molecule has 0 radical (unpaired) electrons. The summed E-state index contributed by atoms with van der Waals surface area (Å²) < 4.78 is 5.35. The molecule has 1 aromatic heterocycles. The Morgan fingerprint density at radius 1 is 1.18 bits per heavy atom. The monoisotopic (exact) mass is 169 g/mol. The second-order valence-corrected chi connectivity index (χ2v) is 3.35. The summed E-state index contributed by atoms with van der Waals surface area (Å²) in [6, 6.07) is 0. The minimum absolute atomic E-state index is 0.539. The van der Waals surface area contributed by atoms with Gasteiger partial charge in [0.05, 0.1) is 5.69 Å². The van der Waals surface area contributed by atoms with Crippen molar-refractivity contribution < 1.29 is 4.42 Å². The smallest absolute Gasteiger partial charge is 0.266 e. The topological polar surface area (TPSA) is 28.9 Å². The molecule has 1 aromatic rings. The highest BCUT2D eigenvalue weighted by molar-refractivity contribution is 7.71. The van der Waals surface area contributed by atoms with Crippen molar-refractivity contribution >= 4 is 12.2 Å². The average molecular weight is 169 g/mol. The Kier molecular flexibility index (Phi) is 1.82. The van der Waals surface area contributed by atoms with E-state index < -0.39 is 0 Å². The van der Waals surface area contributed by atoms with Crippen molar-refractivity contribution in [1.82, 2.24) is 4.98 Å². The third kappa shape index (κ3) is 1.38. The number of aromatic amines is 1. The zero-order valence-electron chi connectivity index (χ0n) is 6.35. The van der Waals surface area contributed by atoms with E-state index in [2.05, 4.69) is 4.98 Å². The minimum Gasteiger partial charge on any atom is -0.434 e. The van der Waals surface area contributed by atoms with Gasteiger partial charge in [-0.1, -0.05) is 6.42 Å². The van der Waals surface area contributed by atoms with E-state index in [9.17, 15) is 0 Å². The molecule has 2 rings (SSSR count). The van der Waals surface area contributed by atoms with Crippen LogP contribution in [0.15, 0.2) is 4.42 Å². The predicted molar refractivity (Wildman–Crippen MR) is 45.2 cm³/mol. The van der Waals surface area contributed by atoms with E-state index in [4.69, 9.17) is 16.6 Å². The normalized spacial score (nSPS) is 17.5. The van der Waals surface area contributed by atoms with Crippen LogP contribution in [0, 0.1) is 4.84 Å². The van der Waals surface area contributed by atoms with Crippen molar-refractivity contribution in [3.63, 3.8) is 0 Å². The summed E-state index contributed by atoms with van der Waals surface area (Å²) in [7, 11) is 0. The number of rotatable bonds is 0. The van der Waals surface area contributed by atoms with Gasteiger partial charge >= 0.3 is 0 Å². The molecule has 1 N–H and O–H groups in total. The van der Waals surface area contributed by atoms with Crippen molar-refractivity contribution in [2.45, 2.75) is 32.1 Å². The molecule has 0 fully saturated rings. The van der Waals surface area contributed by atoms with Crippen LogP contribution in [0.3, 0.4) is 0 Å². The highest BCUT2D eigenvalue weighted by atomic mass is 32.1. The maximum Gasteiger partial charge on any atom is 0.266 e. The van der Waals surface area contributed by atoms with Gasteiger partial charge < -0.3 is 9.40 Å². The number of aromatic nitrogens is 1. The lowest BCUT2D eigenvalue weighted by atomic mass is 10.2. The van der Waals surface area contributed by atoms with Gasteiger partial charge in [-0.25, -0.2) is 0 Å². The first-order valence-corrected chi connectivity index (χ1v) is 4.48. The van der Waals surface area contributed by atoms with Crippen LogP contribution in [-0.2, 0) is 12.8 Å². The summed E-state index contributed by atoms with van der Waals surface area (Å²) in [6.07, 6.45) is 5.98. The molecule has 0 saturated carbocycles. The zero-order valence-corrected chi connectivity index (χ0v) is 7.17. The number of hydrogen-bond donors (Lipinski definition) is 1. The lowest BCUT2D eigenvalue weighted by Gasteiger charge is -1.90. The number of H-pyrrole nitrogens is 1. The van der Waals surface area contributed by atoms with Crippen LogP contribution < -0.4 is 0 Å². The van der Waals surface area contributed by atoms with Gasteiger partial charge in [0.1, 0.15) is 5.76 Å². The molecule has 2 nitrogen and oxygen atoms in total. The fourth-order valence-electron chi connectivity index (χ4n) is 1.56. The van der Waals surface area contributed by atoms with Gasteiger partial charge in [-0.2, -0.15) is 0 Å². The molecule has 60 valence electrons. The summed E-state index contributed by atoms with van der Waals surface area (Å²) in [5, 5.41) is 0. The van der Waals surface area contributed by atoms with Gasteiger partial charge in [-0.15, -0.1) is 0 Å². The highest BCUT2D eigenvalue weighted by Crippen LogP contribution is 2.19. The number of oxazole rings is 1. The molecule has 0 atom stereocenters. The molecule has 0 bridgehead atoms. The summed E-state index contributed by atoms with van der Waals surface area (Å²) in [5.74, 6) is 1.09. The first-order chi connectivity index (χ1) is 5.36. The highest BCUT2D eigenvalue weighted by Gasteiger charge is 2.11. The summed E-state index contributed by atoms with van der Waals surface area (Å²) in [4.78, 5) is 3.62. The van der Waals surface area contributed by atoms with Crippen LogP contribution >= 0.6 is 12.2 Å². The van der Waals surface area contributed by atoms with Crippen molar-refractivity contribution in [2.24, 2.45) is 0 Å². The van der Waals surface area contributed by atoms with Gasteiger partial charge in [-0.05, 0) is 31.5 Å². The van der Waals surface area contributed by atoms with Gasteiger partial charge in [0.25, 0.3) is 4.84 Å². The Bertz CT molecular complexity index is 273. The third-order valence-electron chi connectivity index (χ3n) is 2.14. The van der Waals surface area contributed by atoms with Crippen LogP contribution in [0.5, 0.6) is 0 Å². The van der Waals surface area contributed by atoms with E-state index in [1.54, 1.807) is 0 Å². The molecule has 0 spiro atoms. The molecule has 0 amide bonds. The SMILES string of the molecule is S=c1[nH]c2c(o1)CCCCC2. The average Bonchev–Trinajstić information content (AvgIpc) is 2.17. The molecule has 1 heterocycles. The van der Waals surface area contributed by atoms with E-state index in [1.165, 1.54) is 25.0 Å². The van der Waals surface area contributed by atoms with E-state index in [-0.39, 0.29) is 0 Å². The van der Waals surface area contributed by atoms with Crippen molar-refractivity contribution in [3.05, 3.63) is 16.3 Å². The molecule has 0 unspecified atom stereocenters. The summed E-state index contributed by atoms with van der Waals surface area (Å²) in [5.41, 5.74) is 1.23. The number of aryl methyl sites for hydroxylation is 2. The van der Waals surface area contributed by atoms with E-state index in [0.29, 0.717) is 4.84 Å². The Morgan fingerprint density at radius 3 is 2.91 bits per heavy atom. The first-order valence-electron chi connectivity index (χ1n) is 4.07. The second kappa shape index (κ2) is 2.81. The molecule has 3 heteroatoms. The van der Waals surface area contributed by atoms with E-state index in [1.807, 2.05) is 0 Å². The van der Waals surface area contributed by atoms with Crippen LogP contribution in [0.2, 0.25) is 0 Å². The Hall–Kier alpha value is -0.570. The van der Waals surface area contributed by atoms with Crippen LogP contribution in [0.25, 0.3) is 0 Å². The van der Waals surface area contributed by atoms with Gasteiger partial charge in [0, 0.05) is 6.42 Å². The molecule has 11 heavy (non-hydrogen) atoms. The number of nitrogens with one attached hydrogen (secondary N) is 1. The minimum atomic E-state index is 0.539. The Labute approximate surface area is 70.6 Å². The van der Waals surface area contributed by atoms with Crippen LogP contribution in [0.4, 0.5) is 0 Å². The van der Waals surface area contributed by atoms with Gasteiger partial charge in [0.15, 0.2) is 0 Å². The quantitative estimate of drug-likeness (QED) is 0.477. The maximum atomic E-state index is 5.35. The van der Waals surface area contributed by atoms with Crippen LogP contribution in [-0.4, -0.2) is 4.98 Å². The first kappa shape index (κ1) is 7.10. The molecule has 0 saturated heterocycles. The molecule has 1 aliphatic rings. The van der Waals surface area contributed by atoms with Gasteiger partial charge in [0.2, 0.25) is 0 Å². The predicted octanol–water partition coefficient (Wildman–Crippen LogP) is 2.61. The summed E-state index contributed by atoms with van der Waals surface area (Å²) in [6.45, 7) is 0. The number of fused-ring (bicyclic) bond motifs is 1. The van der Waals surface area contributed by atoms with Crippen molar-refractivity contribution in [2.75, 3.05) is 0 Å². The fraction of sp³-hybridized carbons (Fsp3) is 0.625. The fourth-order valence-corrected chi connectivity index (χ4v) is 1.78. The lowest BCUT2D eigenvalue weighted by molar-refractivity contribution is 0.483. The third-order valence-corrected chi connectivity index (χ3v) is 2.32. The van der Waals surface area contributed by atoms with E-state index in [0.717, 1.165) is 18.6 Å². The lowest BCUT2D eigenvalue weighted by Crippen LogP contribution is -1.85. The van der Waals surface area contributed by atoms with Crippen LogP contribution in [0.1, 0.15) is 30.7 Å². The molecule has 0 aromatic carbocycles. The maximum absolute atomic E-state index is 5.35. The molecular formula is C8H11NOS. The second-order valence-electron chi connectivity index (χ2n) is 2.98. The standard InChI is InChI=1S/C8H11NOS/c11-8-9-6-4-2-1-3-5-7(6)10-8/h1-5H2,(H,9,11). The van der Waals surface area contributed by atoms with Crippen molar-refractivity contribution in [1.29, 1.82) is 0 Å². The van der Waals surface area contributed by atoms with E-state index >= 15 is 0 Å². The van der Waals surface area contributed by atoms with Crippen molar-refractivity contribution in [3.8, 4) is 0 Å². The Morgan fingerprint density at radius 2 is 2.00 bits per heavy atom.